The predicted molar refractivity (Wildman–Crippen MR) is 104 cm³/mol. The fraction of sp³-hybridized carbons (Fsp3) is 0.409. The number of piperidine rings is 1. The van der Waals surface area contributed by atoms with Gasteiger partial charge in [0.2, 0.25) is 0 Å². The third kappa shape index (κ3) is 3.85. The van der Waals surface area contributed by atoms with E-state index in [0.717, 1.165) is 38.8 Å². The Balaban J connectivity index is 1.41. The number of hydrogen-bond acceptors (Lipinski definition) is 3. The number of benzene rings is 2. The highest BCUT2D eigenvalue weighted by Crippen LogP contribution is 2.28. The molecule has 1 unspecified atom stereocenters. The molecular weight excluding hydrogens is 324 g/mol. The fourth-order valence-electron chi connectivity index (χ4n) is 3.66. The molecule has 1 saturated carbocycles. The molecule has 4 heteroatoms. The van der Waals surface area contributed by atoms with E-state index in [2.05, 4.69) is 34.5 Å². The monoisotopic (exact) mass is 350 g/mol. The molecule has 2 aromatic carbocycles. The normalized spacial score (nSPS) is 20.3. The average molecular weight is 350 g/mol. The van der Waals surface area contributed by atoms with Crippen LogP contribution in [0.4, 0.5) is 5.69 Å². The third-order valence-corrected chi connectivity index (χ3v) is 5.36. The van der Waals surface area contributed by atoms with E-state index < -0.39 is 0 Å². The lowest BCUT2D eigenvalue weighted by atomic mass is 9.96. The van der Waals surface area contributed by atoms with Crippen molar-refractivity contribution in [1.29, 1.82) is 0 Å². The van der Waals surface area contributed by atoms with Gasteiger partial charge in [0.05, 0.1) is 11.7 Å². The smallest absolute Gasteiger partial charge is 0.255 e. The van der Waals surface area contributed by atoms with E-state index in [0.29, 0.717) is 11.3 Å². The number of nitrogens with one attached hydrogen (secondary N) is 1. The topological polar surface area (TPSA) is 41.6 Å². The van der Waals surface area contributed by atoms with E-state index in [1.54, 1.807) is 0 Å². The van der Waals surface area contributed by atoms with E-state index in [9.17, 15) is 4.79 Å². The molecule has 1 saturated heterocycles. The molecule has 136 valence electrons. The van der Waals surface area contributed by atoms with Crippen molar-refractivity contribution >= 4 is 11.6 Å². The van der Waals surface area contributed by atoms with Crippen molar-refractivity contribution in [3.63, 3.8) is 0 Å². The van der Waals surface area contributed by atoms with Gasteiger partial charge in [0, 0.05) is 24.8 Å². The molecule has 0 bridgehead atoms. The zero-order valence-electron chi connectivity index (χ0n) is 15.1. The van der Waals surface area contributed by atoms with Crippen LogP contribution in [-0.4, -0.2) is 31.1 Å². The zero-order valence-corrected chi connectivity index (χ0v) is 15.1. The molecular formula is C22H26N2O2. The van der Waals surface area contributed by atoms with E-state index >= 15 is 0 Å². The van der Waals surface area contributed by atoms with Gasteiger partial charge in [-0.05, 0) is 56.4 Å². The van der Waals surface area contributed by atoms with Gasteiger partial charge in [0.25, 0.3) is 5.91 Å². The number of hydrogen-bond donors (Lipinski definition) is 1. The first-order valence-corrected chi connectivity index (χ1v) is 9.66. The van der Waals surface area contributed by atoms with Gasteiger partial charge in [-0.3, -0.25) is 4.79 Å². The molecule has 1 amide bonds. The number of ether oxygens (including phenoxy) is 1. The first kappa shape index (κ1) is 17.0. The van der Waals surface area contributed by atoms with Crippen molar-refractivity contribution in [3.8, 4) is 5.75 Å². The summed E-state index contributed by atoms with van der Waals surface area (Å²) in [6.45, 7) is 1.89. The van der Waals surface area contributed by atoms with Crippen LogP contribution < -0.4 is 15.0 Å². The molecule has 1 aliphatic heterocycles. The number of rotatable bonds is 5. The van der Waals surface area contributed by atoms with Crippen LogP contribution in [0, 0.1) is 0 Å². The molecule has 2 aliphatic rings. The van der Waals surface area contributed by atoms with Crippen molar-refractivity contribution in [2.75, 3.05) is 18.0 Å². The summed E-state index contributed by atoms with van der Waals surface area (Å²) in [5.74, 6) is 0.685. The maximum atomic E-state index is 12.9. The SMILES string of the molecule is O=C(NC1CCCN(c2ccccc2)C1)c1ccccc1OC1CCC1. The molecule has 1 heterocycles. The quantitative estimate of drug-likeness (QED) is 0.886. The van der Waals surface area contributed by atoms with Crippen LogP contribution in [0.15, 0.2) is 54.6 Å². The van der Waals surface area contributed by atoms with Gasteiger partial charge in [0.1, 0.15) is 5.75 Å². The Morgan fingerprint density at radius 1 is 0.962 bits per heavy atom. The standard InChI is InChI=1S/C22H26N2O2/c25-22(20-13-4-5-14-21(20)26-19-11-6-12-19)23-17-8-7-15-24(16-17)18-9-2-1-3-10-18/h1-5,9-10,13-14,17,19H,6-8,11-12,15-16H2,(H,23,25). The second-order valence-electron chi connectivity index (χ2n) is 7.26. The van der Waals surface area contributed by atoms with Gasteiger partial charge in [0.15, 0.2) is 0 Å². The lowest BCUT2D eigenvalue weighted by molar-refractivity contribution is 0.0909. The molecule has 0 aromatic heterocycles. The molecule has 0 spiro atoms. The minimum Gasteiger partial charge on any atom is -0.490 e. The minimum absolute atomic E-state index is 0.0279. The number of para-hydroxylation sites is 2. The number of carbonyl (C=O) groups excluding carboxylic acids is 1. The summed E-state index contributed by atoms with van der Waals surface area (Å²) in [5, 5.41) is 3.22. The summed E-state index contributed by atoms with van der Waals surface area (Å²) in [6, 6.07) is 18.2. The van der Waals surface area contributed by atoms with Crippen LogP contribution in [0.25, 0.3) is 0 Å². The molecule has 1 N–H and O–H groups in total. The fourth-order valence-corrected chi connectivity index (χ4v) is 3.66. The first-order chi connectivity index (χ1) is 12.8. The van der Waals surface area contributed by atoms with Crippen LogP contribution >= 0.6 is 0 Å². The van der Waals surface area contributed by atoms with Crippen LogP contribution in [-0.2, 0) is 0 Å². The summed E-state index contributed by atoms with van der Waals surface area (Å²) in [5.41, 5.74) is 1.87. The van der Waals surface area contributed by atoms with Gasteiger partial charge < -0.3 is 15.0 Å². The third-order valence-electron chi connectivity index (χ3n) is 5.36. The Morgan fingerprint density at radius 3 is 2.50 bits per heavy atom. The van der Waals surface area contributed by atoms with E-state index in [1.165, 1.54) is 12.1 Å². The maximum absolute atomic E-state index is 12.9. The summed E-state index contributed by atoms with van der Waals surface area (Å²) in [6.07, 6.45) is 5.76. The first-order valence-electron chi connectivity index (χ1n) is 9.66. The molecule has 26 heavy (non-hydrogen) atoms. The molecule has 4 nitrogen and oxygen atoms in total. The Labute approximate surface area is 155 Å². The molecule has 2 aromatic rings. The van der Waals surface area contributed by atoms with Gasteiger partial charge in [-0.1, -0.05) is 30.3 Å². The van der Waals surface area contributed by atoms with Crippen molar-refractivity contribution in [2.24, 2.45) is 0 Å². The molecule has 1 aliphatic carbocycles. The second-order valence-corrected chi connectivity index (χ2v) is 7.26. The largest absolute Gasteiger partial charge is 0.490 e. The Morgan fingerprint density at radius 2 is 1.73 bits per heavy atom. The number of amides is 1. The Hall–Kier alpha value is -2.49. The van der Waals surface area contributed by atoms with Gasteiger partial charge in [-0.2, -0.15) is 0 Å². The summed E-state index contributed by atoms with van der Waals surface area (Å²) in [7, 11) is 0. The lowest BCUT2D eigenvalue weighted by Gasteiger charge is -2.35. The van der Waals surface area contributed by atoms with Crippen molar-refractivity contribution in [1.82, 2.24) is 5.32 Å². The van der Waals surface area contributed by atoms with Crippen LogP contribution in [0.1, 0.15) is 42.5 Å². The molecule has 0 radical (unpaired) electrons. The van der Waals surface area contributed by atoms with Crippen LogP contribution in [0.3, 0.4) is 0 Å². The average Bonchev–Trinajstić information content (AvgIpc) is 2.66. The van der Waals surface area contributed by atoms with Crippen LogP contribution in [0.2, 0.25) is 0 Å². The highest BCUT2D eigenvalue weighted by atomic mass is 16.5. The van der Waals surface area contributed by atoms with Gasteiger partial charge in [-0.25, -0.2) is 0 Å². The zero-order chi connectivity index (χ0) is 17.8. The van der Waals surface area contributed by atoms with E-state index in [1.807, 2.05) is 30.3 Å². The Kier molecular flexibility index (Phi) is 5.09. The Bertz CT molecular complexity index is 743. The summed E-state index contributed by atoms with van der Waals surface area (Å²) >= 11 is 0. The van der Waals surface area contributed by atoms with Gasteiger partial charge in [-0.15, -0.1) is 0 Å². The number of anilines is 1. The predicted octanol–water partition coefficient (Wildman–Crippen LogP) is 4.02. The lowest BCUT2D eigenvalue weighted by Crippen LogP contribution is -2.48. The maximum Gasteiger partial charge on any atom is 0.255 e. The minimum atomic E-state index is -0.0279. The summed E-state index contributed by atoms with van der Waals surface area (Å²) in [4.78, 5) is 15.2. The molecule has 2 fully saturated rings. The van der Waals surface area contributed by atoms with Gasteiger partial charge >= 0.3 is 0 Å². The second kappa shape index (κ2) is 7.81. The number of carbonyl (C=O) groups is 1. The molecule has 4 rings (SSSR count). The molecule has 1 atom stereocenters. The highest BCUT2D eigenvalue weighted by molar-refractivity contribution is 5.97. The van der Waals surface area contributed by atoms with Crippen molar-refractivity contribution in [3.05, 3.63) is 60.2 Å². The van der Waals surface area contributed by atoms with Crippen molar-refractivity contribution < 1.29 is 9.53 Å². The highest BCUT2D eigenvalue weighted by Gasteiger charge is 2.25. The number of nitrogens with zero attached hydrogens (tertiary/aromatic N) is 1. The van der Waals surface area contributed by atoms with E-state index in [4.69, 9.17) is 4.74 Å². The van der Waals surface area contributed by atoms with Crippen molar-refractivity contribution in [2.45, 2.75) is 44.2 Å². The van der Waals surface area contributed by atoms with Crippen LogP contribution in [0.5, 0.6) is 5.75 Å². The summed E-state index contributed by atoms with van der Waals surface area (Å²) < 4.78 is 6.01. The van der Waals surface area contributed by atoms with E-state index in [-0.39, 0.29) is 18.1 Å².